The Bertz CT molecular complexity index is 218. The Hall–Kier alpha value is -0.280. The van der Waals surface area contributed by atoms with Gasteiger partial charge in [-0.05, 0) is 32.1 Å². The van der Waals surface area contributed by atoms with Crippen LogP contribution in [0.4, 0.5) is 0 Å². The summed E-state index contributed by atoms with van der Waals surface area (Å²) >= 11 is 0. The summed E-state index contributed by atoms with van der Waals surface area (Å²) in [5, 5.41) is 12.3. The zero-order chi connectivity index (χ0) is 9.47. The molecule has 4 heteroatoms. The Morgan fingerprint density at radius 2 is 2.07 bits per heavy atom. The first-order valence-corrected chi connectivity index (χ1v) is 5.13. The van der Waals surface area contributed by atoms with Crippen molar-refractivity contribution >= 4 is 18.4 Å². The standard InChI is InChI=1S/C10H17NO2.ClH/c1-10(9(12)13)6-7-4-2-3-5-8(7)11-10;/h7-8,11H,2-6H2,1H3,(H,12,13);1H. The van der Waals surface area contributed by atoms with Gasteiger partial charge in [0.1, 0.15) is 5.54 Å². The summed E-state index contributed by atoms with van der Waals surface area (Å²) in [6.07, 6.45) is 5.71. The highest BCUT2D eigenvalue weighted by atomic mass is 35.5. The monoisotopic (exact) mass is 219 g/mol. The maximum atomic E-state index is 11.0. The van der Waals surface area contributed by atoms with E-state index in [0.717, 1.165) is 12.8 Å². The Kier molecular flexibility index (Phi) is 3.43. The van der Waals surface area contributed by atoms with E-state index in [1.54, 1.807) is 0 Å². The van der Waals surface area contributed by atoms with Crippen molar-refractivity contribution in [1.29, 1.82) is 0 Å². The molecule has 1 saturated heterocycles. The van der Waals surface area contributed by atoms with Gasteiger partial charge in [0.25, 0.3) is 0 Å². The first-order valence-electron chi connectivity index (χ1n) is 5.13. The number of carboxylic acids is 1. The Morgan fingerprint density at radius 3 is 2.64 bits per heavy atom. The quantitative estimate of drug-likeness (QED) is 0.707. The number of aliphatic carboxylic acids is 1. The molecule has 1 aliphatic heterocycles. The van der Waals surface area contributed by atoms with Crippen molar-refractivity contribution < 1.29 is 9.90 Å². The van der Waals surface area contributed by atoms with Crippen molar-refractivity contribution in [1.82, 2.24) is 5.32 Å². The van der Waals surface area contributed by atoms with Crippen molar-refractivity contribution in [2.24, 2.45) is 5.92 Å². The number of hydrogen-bond acceptors (Lipinski definition) is 2. The predicted molar refractivity (Wildman–Crippen MR) is 56.8 cm³/mol. The van der Waals surface area contributed by atoms with E-state index in [1.165, 1.54) is 19.3 Å². The summed E-state index contributed by atoms with van der Waals surface area (Å²) < 4.78 is 0. The normalized spacial score (nSPS) is 41.2. The van der Waals surface area contributed by atoms with Crippen LogP contribution in [-0.4, -0.2) is 22.7 Å². The lowest BCUT2D eigenvalue weighted by molar-refractivity contribution is -0.143. The molecular formula is C10H18ClNO2. The number of fused-ring (bicyclic) bond motifs is 1. The molecule has 0 spiro atoms. The lowest BCUT2D eigenvalue weighted by Gasteiger charge is -2.24. The molecular weight excluding hydrogens is 202 g/mol. The molecule has 0 radical (unpaired) electrons. The first-order chi connectivity index (χ1) is 6.12. The van der Waals surface area contributed by atoms with Crippen LogP contribution < -0.4 is 5.32 Å². The minimum absolute atomic E-state index is 0. The highest BCUT2D eigenvalue weighted by Crippen LogP contribution is 2.37. The lowest BCUT2D eigenvalue weighted by atomic mass is 9.83. The third kappa shape index (κ3) is 1.89. The van der Waals surface area contributed by atoms with Gasteiger partial charge in [-0.1, -0.05) is 12.8 Å². The van der Waals surface area contributed by atoms with Crippen molar-refractivity contribution in [3.05, 3.63) is 0 Å². The molecule has 3 atom stereocenters. The molecule has 0 aromatic carbocycles. The second-order valence-corrected chi connectivity index (χ2v) is 4.64. The Morgan fingerprint density at radius 1 is 1.43 bits per heavy atom. The molecule has 1 heterocycles. The molecule has 3 unspecified atom stereocenters. The van der Waals surface area contributed by atoms with E-state index in [2.05, 4.69) is 5.32 Å². The van der Waals surface area contributed by atoms with Crippen LogP contribution in [0.2, 0.25) is 0 Å². The molecule has 2 N–H and O–H groups in total. The fraction of sp³-hybridized carbons (Fsp3) is 0.900. The third-order valence-electron chi connectivity index (χ3n) is 3.56. The van der Waals surface area contributed by atoms with Crippen LogP contribution >= 0.6 is 12.4 Å². The molecule has 0 aromatic rings. The second kappa shape index (κ2) is 4.07. The SMILES string of the molecule is CC1(C(=O)O)CC2CCCCC2N1.Cl. The van der Waals surface area contributed by atoms with E-state index in [0.29, 0.717) is 12.0 Å². The summed E-state index contributed by atoms with van der Waals surface area (Å²) in [5.41, 5.74) is -0.653. The topological polar surface area (TPSA) is 49.3 Å². The first kappa shape index (κ1) is 11.8. The van der Waals surface area contributed by atoms with Crippen LogP contribution in [0.1, 0.15) is 39.0 Å². The number of carbonyl (C=O) groups is 1. The average Bonchev–Trinajstić information content (AvgIpc) is 2.42. The molecule has 14 heavy (non-hydrogen) atoms. The molecule has 1 aliphatic carbocycles. The van der Waals surface area contributed by atoms with Gasteiger partial charge in [-0.3, -0.25) is 10.1 Å². The highest BCUT2D eigenvalue weighted by molar-refractivity contribution is 5.85. The van der Waals surface area contributed by atoms with Gasteiger partial charge in [-0.25, -0.2) is 0 Å². The molecule has 1 saturated carbocycles. The number of rotatable bonds is 1. The van der Waals surface area contributed by atoms with Crippen molar-refractivity contribution in [3.8, 4) is 0 Å². The minimum atomic E-state index is -0.693. The molecule has 3 nitrogen and oxygen atoms in total. The van der Waals surface area contributed by atoms with Gasteiger partial charge in [0.15, 0.2) is 0 Å². The van der Waals surface area contributed by atoms with E-state index in [9.17, 15) is 4.79 Å². The van der Waals surface area contributed by atoms with Crippen molar-refractivity contribution in [2.75, 3.05) is 0 Å². The van der Waals surface area contributed by atoms with E-state index in [4.69, 9.17) is 5.11 Å². The lowest BCUT2D eigenvalue weighted by Crippen LogP contribution is -2.47. The molecule has 2 aliphatic rings. The zero-order valence-electron chi connectivity index (χ0n) is 8.45. The fourth-order valence-electron chi connectivity index (χ4n) is 2.78. The Balaban J connectivity index is 0.000000980. The summed E-state index contributed by atoms with van der Waals surface area (Å²) in [6, 6.07) is 0.467. The van der Waals surface area contributed by atoms with Crippen LogP contribution in [0.5, 0.6) is 0 Å². The smallest absolute Gasteiger partial charge is 0.323 e. The second-order valence-electron chi connectivity index (χ2n) is 4.64. The number of carboxylic acid groups (broad SMARTS) is 1. The molecule has 0 amide bonds. The van der Waals surface area contributed by atoms with Crippen LogP contribution in [-0.2, 0) is 4.79 Å². The van der Waals surface area contributed by atoms with Crippen LogP contribution in [0, 0.1) is 5.92 Å². The summed E-state index contributed by atoms with van der Waals surface area (Å²) in [6.45, 7) is 1.81. The third-order valence-corrected chi connectivity index (χ3v) is 3.56. The predicted octanol–water partition coefficient (Wildman–Crippen LogP) is 1.80. The maximum absolute atomic E-state index is 11.0. The van der Waals surface area contributed by atoms with Crippen molar-refractivity contribution in [2.45, 2.75) is 50.6 Å². The molecule has 82 valence electrons. The van der Waals surface area contributed by atoms with Crippen molar-refractivity contribution in [3.63, 3.8) is 0 Å². The highest BCUT2D eigenvalue weighted by Gasteiger charge is 2.46. The average molecular weight is 220 g/mol. The van der Waals surface area contributed by atoms with Gasteiger partial charge in [0.05, 0.1) is 0 Å². The van der Waals surface area contributed by atoms with Gasteiger partial charge in [-0.2, -0.15) is 0 Å². The maximum Gasteiger partial charge on any atom is 0.323 e. The van der Waals surface area contributed by atoms with E-state index in [1.807, 2.05) is 6.92 Å². The summed E-state index contributed by atoms with van der Waals surface area (Å²) in [7, 11) is 0. The molecule has 2 fully saturated rings. The van der Waals surface area contributed by atoms with E-state index >= 15 is 0 Å². The minimum Gasteiger partial charge on any atom is -0.480 e. The van der Waals surface area contributed by atoms with Gasteiger partial charge in [-0.15, -0.1) is 12.4 Å². The largest absolute Gasteiger partial charge is 0.480 e. The van der Waals surface area contributed by atoms with Crippen LogP contribution in [0.15, 0.2) is 0 Å². The van der Waals surface area contributed by atoms with Gasteiger partial charge in [0, 0.05) is 6.04 Å². The number of nitrogens with one attached hydrogen (secondary N) is 1. The van der Waals surface area contributed by atoms with Gasteiger partial charge >= 0.3 is 5.97 Å². The number of hydrogen-bond donors (Lipinski definition) is 2. The summed E-state index contributed by atoms with van der Waals surface area (Å²) in [5.74, 6) is -0.0863. The van der Waals surface area contributed by atoms with Gasteiger partial charge < -0.3 is 5.11 Å². The molecule has 2 rings (SSSR count). The Labute approximate surface area is 90.7 Å². The fourth-order valence-corrected chi connectivity index (χ4v) is 2.78. The van der Waals surface area contributed by atoms with E-state index in [-0.39, 0.29) is 12.4 Å². The van der Waals surface area contributed by atoms with Crippen LogP contribution in [0.3, 0.4) is 0 Å². The van der Waals surface area contributed by atoms with Crippen LogP contribution in [0.25, 0.3) is 0 Å². The molecule has 0 bridgehead atoms. The zero-order valence-corrected chi connectivity index (χ0v) is 9.27. The molecule has 0 aromatic heterocycles. The van der Waals surface area contributed by atoms with E-state index < -0.39 is 11.5 Å². The number of halogens is 1. The van der Waals surface area contributed by atoms with Gasteiger partial charge in [0.2, 0.25) is 0 Å². The summed E-state index contributed by atoms with van der Waals surface area (Å²) in [4.78, 5) is 11.0.